The highest BCUT2D eigenvalue weighted by molar-refractivity contribution is 7.90. The zero-order valence-corrected chi connectivity index (χ0v) is 29.3. The van der Waals surface area contributed by atoms with E-state index < -0.39 is 15.2 Å². The van der Waals surface area contributed by atoms with Crippen molar-refractivity contribution in [2.45, 2.75) is 39.0 Å². The number of nitrogens with zero attached hydrogens (tertiary/aromatic N) is 2. The fourth-order valence-electron chi connectivity index (χ4n) is 7.25. The van der Waals surface area contributed by atoms with Crippen LogP contribution in [-0.4, -0.2) is 32.1 Å². The number of hydrogen-bond donors (Lipinski definition) is 0. The molecule has 4 heteroatoms. The van der Waals surface area contributed by atoms with Gasteiger partial charge in [-0.3, -0.25) is 0 Å². The fourth-order valence-corrected chi connectivity index (χ4v) is 13.6. The smallest absolute Gasteiger partial charge is 0.123 e. The Balaban J connectivity index is 1.68. The van der Waals surface area contributed by atoms with E-state index in [9.17, 15) is 0 Å². The first-order valence-corrected chi connectivity index (χ1v) is 19.8. The van der Waals surface area contributed by atoms with Crippen molar-refractivity contribution in [3.8, 4) is 0 Å². The molecule has 2 nitrogen and oxygen atoms in total. The van der Waals surface area contributed by atoms with Crippen molar-refractivity contribution in [1.29, 1.82) is 0 Å². The van der Waals surface area contributed by atoms with Gasteiger partial charge in [0.05, 0.1) is 31.0 Å². The number of fused-ring (bicyclic) bond motifs is 6. The fraction of sp³-hybridized carbons (Fsp3) is 0.220. The summed E-state index contributed by atoms with van der Waals surface area (Å²) < 4.78 is 0. The van der Waals surface area contributed by atoms with Gasteiger partial charge in [0.2, 0.25) is 0 Å². The Bertz CT molecular complexity index is 1910. The molecule has 0 fully saturated rings. The van der Waals surface area contributed by atoms with Gasteiger partial charge in [0.1, 0.15) is 10.6 Å². The molecule has 6 aromatic carbocycles. The van der Waals surface area contributed by atoms with E-state index in [-0.39, 0.29) is 0 Å². The third kappa shape index (κ3) is 4.86. The Morgan fingerprint density at radius 1 is 0.489 bits per heavy atom. The number of anilines is 4. The van der Waals surface area contributed by atoms with Crippen molar-refractivity contribution in [3.05, 3.63) is 121 Å². The van der Waals surface area contributed by atoms with Crippen molar-refractivity contribution < 1.29 is 0 Å². The predicted molar refractivity (Wildman–Crippen MR) is 205 cm³/mol. The summed E-state index contributed by atoms with van der Waals surface area (Å²) in [6, 6.07) is 46.1. The molecule has 0 saturated heterocycles. The third-order valence-corrected chi connectivity index (χ3v) is 17.6. The van der Waals surface area contributed by atoms with Crippen LogP contribution in [0.1, 0.15) is 27.7 Å². The molecule has 1 aliphatic rings. The number of hydrogen-bond acceptors (Lipinski definition) is 2. The highest BCUT2D eigenvalue weighted by Gasteiger charge is 2.47. The molecule has 7 rings (SSSR count). The molecule has 0 amide bonds. The van der Waals surface area contributed by atoms with Crippen LogP contribution in [0.25, 0.3) is 21.5 Å². The summed E-state index contributed by atoms with van der Waals surface area (Å²) in [6.07, 6.45) is 0. The van der Waals surface area contributed by atoms with Crippen LogP contribution in [0.4, 0.5) is 22.7 Å². The second-order valence-corrected chi connectivity index (χ2v) is 20.0. The maximum Gasteiger partial charge on any atom is 0.123 e. The lowest BCUT2D eigenvalue weighted by Crippen LogP contribution is -2.36. The van der Waals surface area contributed by atoms with Crippen molar-refractivity contribution >= 4 is 80.7 Å². The lowest BCUT2D eigenvalue weighted by atomic mass is 10.1. The SMILES string of the molecule is CC(C)P1c2ccccc2N(C)c2cc3ccccc3cc2[P+](C)(C(C)C)c2cc3ccccc3cc2N(C)c2ccccc21. The third-order valence-electron chi connectivity index (χ3n) is 9.96. The van der Waals surface area contributed by atoms with E-state index in [0.717, 1.165) is 0 Å². The maximum absolute atomic E-state index is 2.59. The second kappa shape index (κ2) is 11.6. The quantitative estimate of drug-likeness (QED) is 0.177. The van der Waals surface area contributed by atoms with Crippen molar-refractivity contribution in [2.24, 2.45) is 0 Å². The average molecular weight is 626 g/mol. The van der Waals surface area contributed by atoms with Gasteiger partial charge in [0.25, 0.3) is 0 Å². The summed E-state index contributed by atoms with van der Waals surface area (Å²) >= 11 is 0. The average Bonchev–Trinajstić information content (AvgIpc) is 3.06. The van der Waals surface area contributed by atoms with Gasteiger partial charge in [0, 0.05) is 36.1 Å². The maximum atomic E-state index is 2.59. The highest BCUT2D eigenvalue weighted by atomic mass is 31.2. The standard InChI is InChI=1S/C41H43N2P2/c1-28(2)44-38-22-14-12-20-34(38)42(5)36-24-30-16-8-10-18-32(30)26-40(36)45(7,29(3)4)41-27-33-19-11-9-17-31(33)25-37(41)43(6)35-21-13-15-23-39(35)44/h8-29H,1-7H3/q+1. The second-order valence-electron chi connectivity index (χ2n) is 13.1. The van der Waals surface area contributed by atoms with E-state index in [1.165, 1.54) is 65.5 Å². The van der Waals surface area contributed by atoms with Crippen LogP contribution < -0.4 is 31.0 Å². The summed E-state index contributed by atoms with van der Waals surface area (Å²) in [5, 5.41) is 11.0. The molecule has 0 aliphatic carbocycles. The number of benzene rings is 6. The Morgan fingerprint density at radius 3 is 1.22 bits per heavy atom. The molecule has 226 valence electrons. The molecule has 0 spiro atoms. The molecule has 0 N–H and O–H groups in total. The van der Waals surface area contributed by atoms with E-state index in [2.05, 4.69) is 180 Å². The zero-order chi connectivity index (χ0) is 31.5. The lowest BCUT2D eigenvalue weighted by molar-refractivity contribution is 1.09. The summed E-state index contributed by atoms with van der Waals surface area (Å²) in [4.78, 5) is 5.04. The Morgan fingerprint density at radius 2 is 0.844 bits per heavy atom. The van der Waals surface area contributed by atoms with Crippen LogP contribution in [0.3, 0.4) is 0 Å². The van der Waals surface area contributed by atoms with Gasteiger partial charge >= 0.3 is 0 Å². The molecule has 1 heterocycles. The zero-order valence-electron chi connectivity index (χ0n) is 27.5. The first-order chi connectivity index (χ1) is 21.7. The topological polar surface area (TPSA) is 6.48 Å². The molecule has 0 bridgehead atoms. The summed E-state index contributed by atoms with van der Waals surface area (Å²) in [5.41, 5.74) is 6.15. The van der Waals surface area contributed by atoms with E-state index in [1.807, 2.05) is 0 Å². The highest BCUT2D eigenvalue weighted by Crippen LogP contribution is 2.62. The minimum absolute atomic E-state index is 0.431. The van der Waals surface area contributed by atoms with Crippen LogP contribution >= 0.6 is 15.2 Å². The molecule has 0 radical (unpaired) electrons. The molecule has 0 saturated carbocycles. The monoisotopic (exact) mass is 625 g/mol. The Hall–Kier alpha value is -3.70. The normalized spacial score (nSPS) is 18.3. The van der Waals surface area contributed by atoms with Gasteiger partial charge in [-0.15, -0.1) is 0 Å². The van der Waals surface area contributed by atoms with Gasteiger partial charge in [-0.05, 0) is 85.4 Å². The number of rotatable bonds is 2. The summed E-state index contributed by atoms with van der Waals surface area (Å²) in [5.74, 6) is 0. The molecule has 0 aromatic heterocycles. The molecule has 1 aliphatic heterocycles. The molecule has 0 atom stereocenters. The Labute approximate surface area is 270 Å². The van der Waals surface area contributed by atoms with Gasteiger partial charge in [-0.2, -0.15) is 0 Å². The molecular formula is C41H43N2P2+. The van der Waals surface area contributed by atoms with Gasteiger partial charge < -0.3 is 9.80 Å². The lowest BCUT2D eigenvalue weighted by Gasteiger charge is -2.38. The first kappa shape index (κ1) is 30.0. The number of para-hydroxylation sites is 2. The minimum Gasteiger partial charge on any atom is -0.341 e. The van der Waals surface area contributed by atoms with Gasteiger partial charge in [-0.25, -0.2) is 0 Å². The minimum atomic E-state index is -1.99. The molecular weight excluding hydrogens is 582 g/mol. The van der Waals surface area contributed by atoms with Crippen molar-refractivity contribution in [3.63, 3.8) is 0 Å². The summed E-state index contributed by atoms with van der Waals surface area (Å²) in [7, 11) is 1.95. The van der Waals surface area contributed by atoms with E-state index in [0.29, 0.717) is 11.3 Å². The van der Waals surface area contributed by atoms with Crippen LogP contribution in [0.2, 0.25) is 0 Å². The van der Waals surface area contributed by atoms with Crippen LogP contribution in [-0.2, 0) is 0 Å². The van der Waals surface area contributed by atoms with Crippen LogP contribution in [0.5, 0.6) is 0 Å². The van der Waals surface area contributed by atoms with E-state index >= 15 is 0 Å². The predicted octanol–water partition coefficient (Wildman–Crippen LogP) is 9.69. The first-order valence-electron chi connectivity index (χ1n) is 16.1. The van der Waals surface area contributed by atoms with Crippen molar-refractivity contribution in [2.75, 3.05) is 30.6 Å². The van der Waals surface area contributed by atoms with Crippen LogP contribution in [0.15, 0.2) is 121 Å². The molecule has 45 heavy (non-hydrogen) atoms. The van der Waals surface area contributed by atoms with Gasteiger partial charge in [-0.1, -0.05) is 98.8 Å². The van der Waals surface area contributed by atoms with E-state index in [1.54, 1.807) is 0 Å². The molecule has 6 aromatic rings. The van der Waals surface area contributed by atoms with Crippen LogP contribution in [0, 0.1) is 0 Å². The van der Waals surface area contributed by atoms with Gasteiger partial charge in [0.15, 0.2) is 0 Å². The van der Waals surface area contributed by atoms with Crippen molar-refractivity contribution in [1.82, 2.24) is 0 Å². The largest absolute Gasteiger partial charge is 0.341 e. The summed E-state index contributed by atoms with van der Waals surface area (Å²) in [6.45, 7) is 12.3. The Kier molecular flexibility index (Phi) is 7.72. The van der Waals surface area contributed by atoms with E-state index in [4.69, 9.17) is 0 Å². The molecule has 0 unspecified atom stereocenters.